The topological polar surface area (TPSA) is 87.7 Å². The van der Waals surface area contributed by atoms with Crippen LogP contribution in [-0.2, 0) is 27.2 Å². The number of nitrogens with one attached hydrogen (secondary N) is 2. The summed E-state index contributed by atoms with van der Waals surface area (Å²) in [6, 6.07) is 0.0571. The molecule has 0 saturated heterocycles. The highest BCUT2D eigenvalue weighted by Gasteiger charge is 2.29. The van der Waals surface area contributed by atoms with E-state index in [1.807, 2.05) is 13.8 Å². The van der Waals surface area contributed by atoms with E-state index >= 15 is 0 Å². The number of esters is 1. The smallest absolute Gasteiger partial charge is 0.341 e. The van der Waals surface area contributed by atoms with E-state index in [9.17, 15) is 14.4 Å². The van der Waals surface area contributed by atoms with Gasteiger partial charge in [-0.3, -0.25) is 14.5 Å². The van der Waals surface area contributed by atoms with Crippen LogP contribution in [-0.4, -0.2) is 55.5 Å². The van der Waals surface area contributed by atoms with Crippen LogP contribution in [0, 0.1) is 5.92 Å². The fraction of sp³-hybridized carbons (Fsp3) is 0.650. The number of likely N-dealkylation sites (N-methyl/N-ethyl adjacent to an activating group) is 1. The molecule has 8 heteroatoms. The van der Waals surface area contributed by atoms with Gasteiger partial charge in [0.25, 0.3) is 0 Å². The minimum Gasteiger partial charge on any atom is -0.462 e. The Labute approximate surface area is 170 Å². The summed E-state index contributed by atoms with van der Waals surface area (Å²) in [6.45, 7) is 8.24. The van der Waals surface area contributed by atoms with Gasteiger partial charge in [-0.2, -0.15) is 0 Å². The molecule has 1 aliphatic rings. The number of amides is 2. The molecule has 0 spiro atoms. The molecule has 1 aromatic heterocycles. The van der Waals surface area contributed by atoms with Gasteiger partial charge < -0.3 is 15.4 Å². The zero-order chi connectivity index (χ0) is 20.8. The lowest BCUT2D eigenvalue weighted by atomic mass is 9.88. The average molecular weight is 410 g/mol. The molecule has 0 unspecified atom stereocenters. The third-order valence-electron chi connectivity index (χ3n) is 4.52. The molecule has 0 aliphatic heterocycles. The van der Waals surface area contributed by atoms with Gasteiger partial charge in [0.1, 0.15) is 5.00 Å². The van der Waals surface area contributed by atoms with Crippen LogP contribution >= 0.6 is 11.3 Å². The van der Waals surface area contributed by atoms with Gasteiger partial charge in [-0.15, -0.1) is 11.3 Å². The van der Waals surface area contributed by atoms with E-state index in [1.54, 1.807) is 18.9 Å². The summed E-state index contributed by atoms with van der Waals surface area (Å²) in [5.74, 6) is -0.194. The number of thiophene rings is 1. The van der Waals surface area contributed by atoms with Gasteiger partial charge in [-0.05, 0) is 58.6 Å². The van der Waals surface area contributed by atoms with Gasteiger partial charge in [0.05, 0.1) is 25.3 Å². The Morgan fingerprint density at radius 2 is 1.93 bits per heavy atom. The normalized spacial score (nSPS) is 16.0. The Kier molecular flexibility index (Phi) is 8.00. The SMILES string of the molecule is CCOC(=O)c1c(NC(=O)CN(C)CC(=O)NC(C)C)sc2c1CC[C@H](C)C2. The van der Waals surface area contributed by atoms with Gasteiger partial charge in [0.15, 0.2) is 0 Å². The minimum absolute atomic E-state index is 0.0571. The van der Waals surface area contributed by atoms with E-state index in [1.165, 1.54) is 11.3 Å². The van der Waals surface area contributed by atoms with Gasteiger partial charge in [-0.1, -0.05) is 6.92 Å². The molecular weight excluding hydrogens is 378 g/mol. The summed E-state index contributed by atoms with van der Waals surface area (Å²) in [7, 11) is 1.72. The number of rotatable bonds is 8. The molecule has 0 aromatic carbocycles. The van der Waals surface area contributed by atoms with E-state index in [-0.39, 0.29) is 36.9 Å². The molecule has 28 heavy (non-hydrogen) atoms. The van der Waals surface area contributed by atoms with E-state index in [2.05, 4.69) is 17.6 Å². The first kappa shape index (κ1) is 22.4. The number of carbonyl (C=O) groups is 3. The summed E-state index contributed by atoms with van der Waals surface area (Å²) in [6.07, 6.45) is 2.76. The van der Waals surface area contributed by atoms with Crippen LogP contribution in [0.1, 0.15) is 54.9 Å². The fourth-order valence-corrected chi connectivity index (χ4v) is 4.75. The van der Waals surface area contributed by atoms with Crippen LogP contribution in [0.25, 0.3) is 0 Å². The Hall–Kier alpha value is -1.93. The van der Waals surface area contributed by atoms with Crippen molar-refractivity contribution in [2.24, 2.45) is 5.92 Å². The second-order valence-electron chi connectivity index (χ2n) is 7.72. The first-order valence-corrected chi connectivity index (χ1v) is 10.6. The number of hydrogen-bond donors (Lipinski definition) is 2. The van der Waals surface area contributed by atoms with Crippen LogP contribution in [0.15, 0.2) is 0 Å². The van der Waals surface area contributed by atoms with E-state index in [4.69, 9.17) is 4.74 Å². The van der Waals surface area contributed by atoms with Crippen molar-refractivity contribution in [3.8, 4) is 0 Å². The third kappa shape index (κ3) is 6.04. The Morgan fingerprint density at radius 1 is 1.25 bits per heavy atom. The molecule has 1 aliphatic carbocycles. The molecule has 2 rings (SSSR count). The van der Waals surface area contributed by atoms with Crippen LogP contribution in [0.4, 0.5) is 5.00 Å². The van der Waals surface area contributed by atoms with Crippen molar-refractivity contribution >= 4 is 34.1 Å². The zero-order valence-electron chi connectivity index (χ0n) is 17.4. The second kappa shape index (κ2) is 10.0. The number of ether oxygens (including phenoxy) is 1. The first-order chi connectivity index (χ1) is 13.2. The highest BCUT2D eigenvalue weighted by Crippen LogP contribution is 2.40. The van der Waals surface area contributed by atoms with Crippen LogP contribution in [0.2, 0.25) is 0 Å². The molecule has 0 radical (unpaired) electrons. The second-order valence-corrected chi connectivity index (χ2v) is 8.82. The number of hydrogen-bond acceptors (Lipinski definition) is 6. The molecule has 2 amide bonds. The lowest BCUT2D eigenvalue weighted by Crippen LogP contribution is -2.41. The van der Waals surface area contributed by atoms with E-state index in [0.717, 1.165) is 29.7 Å². The monoisotopic (exact) mass is 409 g/mol. The summed E-state index contributed by atoms with van der Waals surface area (Å²) in [5, 5.41) is 6.23. The summed E-state index contributed by atoms with van der Waals surface area (Å²) in [4.78, 5) is 39.6. The largest absolute Gasteiger partial charge is 0.462 e. The molecular formula is C20H31N3O4S. The molecule has 0 saturated carbocycles. The molecule has 156 valence electrons. The maximum absolute atomic E-state index is 12.5. The van der Waals surface area contributed by atoms with Crippen molar-refractivity contribution in [1.82, 2.24) is 10.2 Å². The van der Waals surface area contributed by atoms with Gasteiger partial charge in [-0.25, -0.2) is 4.79 Å². The number of carbonyl (C=O) groups excluding carboxylic acids is 3. The highest BCUT2D eigenvalue weighted by atomic mass is 32.1. The number of nitrogens with zero attached hydrogens (tertiary/aromatic N) is 1. The average Bonchev–Trinajstić information content (AvgIpc) is 2.90. The minimum atomic E-state index is -0.380. The third-order valence-corrected chi connectivity index (χ3v) is 5.69. The highest BCUT2D eigenvalue weighted by molar-refractivity contribution is 7.17. The number of fused-ring (bicyclic) bond motifs is 1. The Morgan fingerprint density at radius 3 is 2.57 bits per heavy atom. The predicted molar refractivity (Wildman–Crippen MR) is 111 cm³/mol. The van der Waals surface area contributed by atoms with Crippen molar-refractivity contribution in [1.29, 1.82) is 0 Å². The van der Waals surface area contributed by atoms with Gasteiger partial charge in [0, 0.05) is 10.9 Å². The predicted octanol–water partition coefficient (Wildman–Crippen LogP) is 2.44. The zero-order valence-corrected chi connectivity index (χ0v) is 18.2. The molecule has 0 bridgehead atoms. The van der Waals surface area contributed by atoms with Crippen molar-refractivity contribution < 1.29 is 19.1 Å². The summed E-state index contributed by atoms with van der Waals surface area (Å²) < 4.78 is 5.23. The maximum Gasteiger partial charge on any atom is 0.341 e. The van der Waals surface area contributed by atoms with Crippen molar-refractivity contribution in [2.75, 3.05) is 32.1 Å². The van der Waals surface area contributed by atoms with E-state index < -0.39 is 0 Å². The van der Waals surface area contributed by atoms with Crippen LogP contribution < -0.4 is 10.6 Å². The molecule has 1 heterocycles. The quantitative estimate of drug-likeness (QED) is 0.644. The molecule has 1 aromatic rings. The van der Waals surface area contributed by atoms with Gasteiger partial charge >= 0.3 is 5.97 Å². The standard InChI is InChI=1S/C20H31N3O4S/c1-6-27-20(26)18-14-8-7-13(4)9-15(14)28-19(18)22-17(25)11-23(5)10-16(24)21-12(2)3/h12-13H,6-11H2,1-5H3,(H,21,24)(H,22,25)/t13-/m0/s1. The lowest BCUT2D eigenvalue weighted by Gasteiger charge is -2.18. The van der Waals surface area contributed by atoms with Crippen LogP contribution in [0.3, 0.4) is 0 Å². The van der Waals surface area contributed by atoms with Crippen molar-refractivity contribution in [3.63, 3.8) is 0 Å². The van der Waals surface area contributed by atoms with Gasteiger partial charge in [0.2, 0.25) is 11.8 Å². The maximum atomic E-state index is 12.5. The molecule has 0 fully saturated rings. The fourth-order valence-electron chi connectivity index (χ4n) is 3.34. The molecule has 7 nitrogen and oxygen atoms in total. The molecule has 2 N–H and O–H groups in total. The lowest BCUT2D eigenvalue weighted by molar-refractivity contribution is -0.123. The Balaban J connectivity index is 2.08. The number of anilines is 1. The summed E-state index contributed by atoms with van der Waals surface area (Å²) >= 11 is 1.47. The summed E-state index contributed by atoms with van der Waals surface area (Å²) in [5.41, 5.74) is 1.52. The van der Waals surface area contributed by atoms with Crippen LogP contribution in [0.5, 0.6) is 0 Å². The first-order valence-electron chi connectivity index (χ1n) is 9.80. The Bertz CT molecular complexity index is 729. The molecule has 1 atom stereocenters. The van der Waals surface area contributed by atoms with Crippen molar-refractivity contribution in [3.05, 3.63) is 16.0 Å². The van der Waals surface area contributed by atoms with Crippen molar-refractivity contribution in [2.45, 2.75) is 53.0 Å². The van der Waals surface area contributed by atoms with E-state index in [0.29, 0.717) is 23.1 Å².